The van der Waals surface area contributed by atoms with Gasteiger partial charge in [-0.3, -0.25) is 14.9 Å². The van der Waals surface area contributed by atoms with Gasteiger partial charge >= 0.3 is 5.82 Å². The molecular weight excluding hydrogens is 342 g/mol. The molecule has 1 amide bonds. The van der Waals surface area contributed by atoms with Crippen molar-refractivity contribution < 1.29 is 14.6 Å². The topological polar surface area (TPSA) is 133 Å². The third-order valence-corrected chi connectivity index (χ3v) is 3.47. The lowest BCUT2D eigenvalue weighted by atomic mass is 10.2. The lowest BCUT2D eigenvalue weighted by Crippen LogP contribution is -2.16. The van der Waals surface area contributed by atoms with Gasteiger partial charge in [0.25, 0.3) is 5.69 Å². The van der Waals surface area contributed by atoms with E-state index < -0.39 is 15.8 Å². The van der Waals surface area contributed by atoms with E-state index in [0.29, 0.717) is 5.69 Å². The Morgan fingerprint density at radius 1 is 1.29 bits per heavy atom. The molecule has 0 saturated heterocycles. The van der Waals surface area contributed by atoms with Crippen molar-refractivity contribution in [1.29, 1.82) is 0 Å². The summed E-state index contributed by atoms with van der Waals surface area (Å²) in [5.74, 6) is -0.746. The molecule has 0 aliphatic rings. The van der Waals surface area contributed by atoms with Crippen LogP contribution in [-0.2, 0) is 11.3 Å². The van der Waals surface area contributed by atoms with Crippen LogP contribution in [0.2, 0.25) is 5.02 Å². The zero-order valence-corrected chi connectivity index (χ0v) is 13.2. The number of amides is 1. The number of carbonyl (C=O) groups excluding carboxylic acids is 1. The first-order chi connectivity index (χ1) is 11.3. The normalized spacial score (nSPS) is 10.4. The maximum Gasteiger partial charge on any atom is 0.390 e. The highest BCUT2D eigenvalue weighted by molar-refractivity contribution is 6.33. The molecule has 24 heavy (non-hydrogen) atoms. The molecular formula is C13H12ClN5O5. The summed E-state index contributed by atoms with van der Waals surface area (Å²) in [5, 5.41) is 27.8. The number of benzene rings is 1. The predicted molar refractivity (Wildman–Crippen MR) is 85.0 cm³/mol. The first kappa shape index (κ1) is 17.3. The fraction of sp³-hybridized carbons (Fsp3) is 0.231. The van der Waals surface area contributed by atoms with Crippen molar-refractivity contribution in [3.63, 3.8) is 0 Å². The molecule has 0 unspecified atom stereocenters. The van der Waals surface area contributed by atoms with Gasteiger partial charge in [-0.2, -0.15) is 4.68 Å². The molecule has 0 aliphatic heterocycles. The van der Waals surface area contributed by atoms with Gasteiger partial charge in [-0.15, -0.1) is 0 Å². The minimum absolute atomic E-state index is 0.0291. The van der Waals surface area contributed by atoms with Crippen molar-refractivity contribution in [2.75, 3.05) is 5.32 Å². The van der Waals surface area contributed by atoms with Crippen LogP contribution in [0.15, 0.2) is 24.3 Å². The molecule has 0 saturated carbocycles. The van der Waals surface area contributed by atoms with Gasteiger partial charge in [0.2, 0.25) is 5.91 Å². The van der Waals surface area contributed by atoms with Crippen LogP contribution in [0.25, 0.3) is 0 Å². The Labute approximate surface area is 140 Å². The number of aryl methyl sites for hydroxylation is 2. The Kier molecular flexibility index (Phi) is 5.09. The molecule has 11 heteroatoms. The zero-order chi connectivity index (χ0) is 17.9. The van der Waals surface area contributed by atoms with Crippen LogP contribution in [0.4, 0.5) is 17.2 Å². The van der Waals surface area contributed by atoms with Crippen LogP contribution in [0.1, 0.15) is 12.1 Å². The predicted octanol–water partition coefficient (Wildman–Crippen LogP) is 2.69. The number of anilines is 1. The Balaban J connectivity index is 2.03. The number of carbonyl (C=O) groups is 1. The van der Waals surface area contributed by atoms with Crippen LogP contribution in [0.5, 0.6) is 0 Å². The summed E-state index contributed by atoms with van der Waals surface area (Å²) in [4.78, 5) is 32.1. The minimum Gasteiger partial charge on any atom is -0.358 e. The molecule has 126 valence electrons. The van der Waals surface area contributed by atoms with E-state index in [1.165, 1.54) is 22.9 Å². The number of nitrogens with one attached hydrogen (secondary N) is 1. The van der Waals surface area contributed by atoms with Crippen molar-refractivity contribution in [1.82, 2.24) is 9.78 Å². The van der Waals surface area contributed by atoms with E-state index in [-0.39, 0.29) is 35.2 Å². The van der Waals surface area contributed by atoms with Crippen molar-refractivity contribution in [2.45, 2.75) is 19.9 Å². The summed E-state index contributed by atoms with van der Waals surface area (Å²) in [6.07, 6.45) is -0.0291. The van der Waals surface area contributed by atoms with E-state index in [1.807, 2.05) is 0 Å². The minimum atomic E-state index is -0.619. The SMILES string of the molecule is Cc1cc([N+](=O)[O-])nn1CCC(=O)Nc1cc([N+](=O)[O-])ccc1Cl. The molecule has 2 aromatic rings. The number of hydrogen-bond donors (Lipinski definition) is 1. The number of nitrogens with zero attached hydrogens (tertiary/aromatic N) is 4. The van der Waals surface area contributed by atoms with E-state index in [2.05, 4.69) is 10.4 Å². The summed E-state index contributed by atoms with van der Waals surface area (Å²) >= 11 is 5.90. The van der Waals surface area contributed by atoms with Crippen molar-refractivity contribution in [2.24, 2.45) is 0 Å². The molecule has 0 spiro atoms. The van der Waals surface area contributed by atoms with Gasteiger partial charge in [0.05, 0.1) is 39.0 Å². The zero-order valence-electron chi connectivity index (χ0n) is 12.4. The summed E-state index contributed by atoms with van der Waals surface area (Å²) in [5.41, 5.74) is 0.468. The second-order valence-corrected chi connectivity index (χ2v) is 5.25. The molecule has 0 bridgehead atoms. The molecule has 2 rings (SSSR count). The number of non-ortho nitro benzene ring substituents is 1. The third-order valence-electron chi connectivity index (χ3n) is 3.14. The monoisotopic (exact) mass is 353 g/mol. The molecule has 1 heterocycles. The summed E-state index contributed by atoms with van der Waals surface area (Å²) < 4.78 is 1.34. The largest absolute Gasteiger partial charge is 0.390 e. The number of nitro benzene ring substituents is 1. The van der Waals surface area contributed by atoms with Crippen LogP contribution in [0.3, 0.4) is 0 Å². The highest BCUT2D eigenvalue weighted by Crippen LogP contribution is 2.26. The van der Waals surface area contributed by atoms with Crippen molar-refractivity contribution >= 4 is 34.7 Å². The summed E-state index contributed by atoms with van der Waals surface area (Å²) in [6.45, 7) is 1.76. The van der Waals surface area contributed by atoms with E-state index >= 15 is 0 Å². The maximum absolute atomic E-state index is 12.0. The Morgan fingerprint density at radius 2 is 2.00 bits per heavy atom. The number of hydrogen-bond acceptors (Lipinski definition) is 6. The average molecular weight is 354 g/mol. The summed E-state index contributed by atoms with van der Waals surface area (Å²) in [6, 6.07) is 5.00. The van der Waals surface area contributed by atoms with Gasteiger partial charge in [0, 0.05) is 18.6 Å². The fourth-order valence-corrected chi connectivity index (χ4v) is 2.12. The van der Waals surface area contributed by atoms with E-state index in [1.54, 1.807) is 6.92 Å². The molecule has 0 radical (unpaired) electrons. The first-order valence-electron chi connectivity index (χ1n) is 6.70. The van der Waals surface area contributed by atoms with E-state index in [0.717, 1.165) is 6.07 Å². The molecule has 0 aliphatic carbocycles. The van der Waals surface area contributed by atoms with Crippen LogP contribution >= 0.6 is 11.6 Å². The molecule has 1 aromatic carbocycles. The summed E-state index contributed by atoms with van der Waals surface area (Å²) in [7, 11) is 0. The van der Waals surface area contributed by atoms with Gasteiger partial charge in [-0.25, -0.2) is 0 Å². The van der Waals surface area contributed by atoms with Gasteiger partial charge in [-0.05, 0) is 17.9 Å². The van der Waals surface area contributed by atoms with Gasteiger partial charge in [0.15, 0.2) is 0 Å². The van der Waals surface area contributed by atoms with Crippen LogP contribution in [0, 0.1) is 27.2 Å². The lowest BCUT2D eigenvalue weighted by molar-refractivity contribution is -0.389. The number of aromatic nitrogens is 2. The van der Waals surface area contributed by atoms with Crippen molar-refractivity contribution in [3.8, 4) is 0 Å². The third kappa shape index (κ3) is 4.04. The number of halogens is 1. The van der Waals surface area contributed by atoms with Crippen LogP contribution in [-0.4, -0.2) is 25.5 Å². The Morgan fingerprint density at radius 3 is 2.58 bits per heavy atom. The van der Waals surface area contributed by atoms with E-state index in [4.69, 9.17) is 11.6 Å². The number of rotatable bonds is 6. The van der Waals surface area contributed by atoms with E-state index in [9.17, 15) is 25.0 Å². The van der Waals surface area contributed by atoms with Gasteiger partial charge < -0.3 is 15.4 Å². The molecule has 1 aromatic heterocycles. The molecule has 0 fully saturated rings. The quantitative estimate of drug-likeness (QED) is 0.626. The van der Waals surface area contributed by atoms with Gasteiger partial charge in [0.1, 0.15) is 0 Å². The highest BCUT2D eigenvalue weighted by Gasteiger charge is 2.17. The molecule has 10 nitrogen and oxygen atoms in total. The second kappa shape index (κ2) is 7.04. The van der Waals surface area contributed by atoms with Crippen molar-refractivity contribution in [3.05, 3.63) is 55.2 Å². The Hall–Kier alpha value is -3.01. The lowest BCUT2D eigenvalue weighted by Gasteiger charge is -2.07. The molecule has 1 N–H and O–H groups in total. The smallest absolute Gasteiger partial charge is 0.358 e. The first-order valence-corrected chi connectivity index (χ1v) is 7.08. The van der Waals surface area contributed by atoms with Gasteiger partial charge in [-0.1, -0.05) is 11.6 Å². The highest BCUT2D eigenvalue weighted by atomic mass is 35.5. The second-order valence-electron chi connectivity index (χ2n) is 4.84. The Bertz CT molecular complexity index is 819. The standard InChI is InChI=1S/C13H12ClN5O5/c1-8-6-12(19(23)24)16-17(8)5-4-13(20)15-11-7-9(18(21)22)2-3-10(11)14/h2-3,6-7H,4-5H2,1H3,(H,15,20). The maximum atomic E-state index is 12.0. The number of nitro groups is 2. The average Bonchev–Trinajstić information content (AvgIpc) is 2.88. The van der Waals surface area contributed by atoms with Crippen LogP contribution < -0.4 is 5.32 Å². The molecule has 0 atom stereocenters. The fourth-order valence-electron chi connectivity index (χ4n) is 1.95.